The molecule has 0 saturated carbocycles. The predicted molar refractivity (Wildman–Crippen MR) is 65.1 cm³/mol. The Kier molecular flexibility index (Phi) is 2.04. The van der Waals surface area contributed by atoms with Crippen LogP contribution in [0.4, 0.5) is 5.95 Å². The molecule has 78 valence electrons. The van der Waals surface area contributed by atoms with Gasteiger partial charge in [-0.05, 0) is 18.2 Å². The van der Waals surface area contributed by atoms with Crippen LogP contribution in [-0.4, -0.2) is 15.0 Å². The topological polar surface area (TPSA) is 64.7 Å². The third-order valence-corrected chi connectivity index (χ3v) is 3.11. The molecule has 5 heteroatoms. The highest BCUT2D eigenvalue weighted by Crippen LogP contribution is 2.24. The Balaban J connectivity index is 2.18. The minimum absolute atomic E-state index is 0.288. The van der Waals surface area contributed by atoms with Crippen molar-refractivity contribution in [2.24, 2.45) is 0 Å². The standard InChI is InChI=1S/C11H8N4S/c12-11-13-4-3-8(15-11)7-1-2-10-9(5-7)14-6-16-10/h1-6H,(H2,12,13,15). The van der Waals surface area contributed by atoms with Crippen molar-refractivity contribution in [2.45, 2.75) is 0 Å². The van der Waals surface area contributed by atoms with Crippen LogP contribution < -0.4 is 5.73 Å². The lowest BCUT2D eigenvalue weighted by atomic mass is 10.1. The lowest BCUT2D eigenvalue weighted by Gasteiger charge is -2.00. The number of nitrogen functional groups attached to an aromatic ring is 1. The second-order valence-corrected chi connectivity index (χ2v) is 4.22. The number of thiazole rings is 1. The number of fused-ring (bicyclic) bond motifs is 1. The van der Waals surface area contributed by atoms with Gasteiger partial charge < -0.3 is 5.73 Å². The molecule has 0 aliphatic rings. The fourth-order valence-electron chi connectivity index (χ4n) is 1.55. The molecule has 0 aliphatic heterocycles. The zero-order valence-electron chi connectivity index (χ0n) is 8.29. The Labute approximate surface area is 95.8 Å². The zero-order valence-corrected chi connectivity index (χ0v) is 9.11. The van der Waals surface area contributed by atoms with Crippen LogP contribution in [0.15, 0.2) is 36.0 Å². The van der Waals surface area contributed by atoms with Gasteiger partial charge in [0.25, 0.3) is 0 Å². The Morgan fingerprint density at radius 2 is 2.06 bits per heavy atom. The monoisotopic (exact) mass is 228 g/mol. The number of hydrogen-bond donors (Lipinski definition) is 1. The Hall–Kier alpha value is -2.01. The van der Waals surface area contributed by atoms with Crippen molar-refractivity contribution >= 4 is 27.5 Å². The molecule has 0 aliphatic carbocycles. The SMILES string of the molecule is Nc1nccc(-c2ccc3scnc3c2)n1. The van der Waals surface area contributed by atoms with Gasteiger partial charge >= 0.3 is 0 Å². The molecule has 0 atom stereocenters. The summed E-state index contributed by atoms with van der Waals surface area (Å²) in [6, 6.07) is 7.90. The number of nitrogens with zero attached hydrogens (tertiary/aromatic N) is 3. The normalized spacial score (nSPS) is 10.8. The number of rotatable bonds is 1. The largest absolute Gasteiger partial charge is 0.368 e. The van der Waals surface area contributed by atoms with Crippen molar-refractivity contribution in [3.05, 3.63) is 36.0 Å². The number of anilines is 1. The second-order valence-electron chi connectivity index (χ2n) is 3.33. The molecule has 2 heterocycles. The molecule has 0 radical (unpaired) electrons. The molecule has 2 N–H and O–H groups in total. The van der Waals surface area contributed by atoms with Crippen molar-refractivity contribution < 1.29 is 0 Å². The number of benzene rings is 1. The van der Waals surface area contributed by atoms with Gasteiger partial charge in [0.05, 0.1) is 21.4 Å². The van der Waals surface area contributed by atoms with Crippen LogP contribution in [-0.2, 0) is 0 Å². The van der Waals surface area contributed by atoms with Crippen LogP contribution in [0.5, 0.6) is 0 Å². The van der Waals surface area contributed by atoms with E-state index in [1.165, 1.54) is 4.70 Å². The molecule has 0 bridgehead atoms. The molecule has 0 spiro atoms. The molecular weight excluding hydrogens is 220 g/mol. The van der Waals surface area contributed by atoms with E-state index >= 15 is 0 Å². The third kappa shape index (κ3) is 1.51. The number of nitrogens with two attached hydrogens (primary N) is 1. The van der Waals surface area contributed by atoms with E-state index in [9.17, 15) is 0 Å². The zero-order chi connectivity index (χ0) is 11.0. The van der Waals surface area contributed by atoms with Gasteiger partial charge in [0.15, 0.2) is 0 Å². The highest BCUT2D eigenvalue weighted by atomic mass is 32.1. The van der Waals surface area contributed by atoms with Gasteiger partial charge in [-0.1, -0.05) is 6.07 Å². The van der Waals surface area contributed by atoms with E-state index in [1.54, 1.807) is 17.5 Å². The second kappa shape index (κ2) is 3.53. The average Bonchev–Trinajstić information content (AvgIpc) is 2.75. The van der Waals surface area contributed by atoms with Gasteiger partial charge in [-0.15, -0.1) is 11.3 Å². The van der Waals surface area contributed by atoms with Crippen LogP contribution in [0.25, 0.3) is 21.5 Å². The third-order valence-electron chi connectivity index (χ3n) is 2.30. The first-order valence-electron chi connectivity index (χ1n) is 4.75. The van der Waals surface area contributed by atoms with E-state index in [2.05, 4.69) is 15.0 Å². The van der Waals surface area contributed by atoms with Crippen molar-refractivity contribution in [1.29, 1.82) is 0 Å². The summed E-state index contributed by atoms with van der Waals surface area (Å²) in [5, 5.41) is 0. The van der Waals surface area contributed by atoms with Gasteiger partial charge in [-0.2, -0.15) is 0 Å². The Bertz CT molecular complexity index is 647. The molecule has 3 aromatic rings. The fourth-order valence-corrected chi connectivity index (χ4v) is 2.21. The molecule has 4 nitrogen and oxygen atoms in total. The minimum Gasteiger partial charge on any atom is -0.368 e. The summed E-state index contributed by atoms with van der Waals surface area (Å²) < 4.78 is 1.17. The first-order chi connectivity index (χ1) is 7.83. The van der Waals surface area contributed by atoms with E-state index in [-0.39, 0.29) is 5.95 Å². The molecule has 0 fully saturated rings. The van der Waals surface area contributed by atoms with Crippen LogP contribution >= 0.6 is 11.3 Å². The van der Waals surface area contributed by atoms with Crippen molar-refractivity contribution in [2.75, 3.05) is 5.73 Å². The lowest BCUT2D eigenvalue weighted by molar-refractivity contribution is 1.19. The summed E-state index contributed by atoms with van der Waals surface area (Å²) >= 11 is 1.63. The van der Waals surface area contributed by atoms with E-state index in [4.69, 9.17) is 5.73 Å². The molecule has 0 amide bonds. The van der Waals surface area contributed by atoms with Gasteiger partial charge in [0, 0.05) is 11.8 Å². The van der Waals surface area contributed by atoms with Crippen LogP contribution in [0, 0.1) is 0 Å². The maximum atomic E-state index is 5.55. The number of hydrogen-bond acceptors (Lipinski definition) is 5. The average molecular weight is 228 g/mol. The molecule has 1 aromatic carbocycles. The smallest absolute Gasteiger partial charge is 0.220 e. The molecule has 0 saturated heterocycles. The van der Waals surface area contributed by atoms with Gasteiger partial charge in [-0.25, -0.2) is 15.0 Å². The first-order valence-corrected chi connectivity index (χ1v) is 5.63. The van der Waals surface area contributed by atoms with E-state index < -0.39 is 0 Å². The molecular formula is C11H8N4S. The fraction of sp³-hybridized carbons (Fsp3) is 0. The quantitative estimate of drug-likeness (QED) is 0.694. The summed E-state index contributed by atoms with van der Waals surface area (Å²) in [4.78, 5) is 12.3. The summed E-state index contributed by atoms with van der Waals surface area (Å²) in [6.45, 7) is 0. The summed E-state index contributed by atoms with van der Waals surface area (Å²) in [5.41, 5.74) is 10.2. The Morgan fingerprint density at radius 3 is 2.94 bits per heavy atom. The number of aromatic nitrogens is 3. The summed E-state index contributed by atoms with van der Waals surface area (Å²) in [5.74, 6) is 0.288. The molecule has 2 aromatic heterocycles. The van der Waals surface area contributed by atoms with Crippen LogP contribution in [0.1, 0.15) is 0 Å². The highest BCUT2D eigenvalue weighted by Gasteiger charge is 2.03. The first kappa shape index (κ1) is 9.23. The van der Waals surface area contributed by atoms with E-state index in [0.29, 0.717) is 0 Å². The maximum absolute atomic E-state index is 5.55. The van der Waals surface area contributed by atoms with Crippen LogP contribution in [0.2, 0.25) is 0 Å². The molecule has 3 rings (SSSR count). The lowest BCUT2D eigenvalue weighted by Crippen LogP contribution is -1.94. The van der Waals surface area contributed by atoms with Gasteiger partial charge in [0.2, 0.25) is 5.95 Å². The summed E-state index contributed by atoms with van der Waals surface area (Å²) in [6.07, 6.45) is 1.66. The van der Waals surface area contributed by atoms with Crippen molar-refractivity contribution in [3.8, 4) is 11.3 Å². The van der Waals surface area contributed by atoms with Gasteiger partial charge in [-0.3, -0.25) is 0 Å². The molecule has 0 unspecified atom stereocenters. The van der Waals surface area contributed by atoms with Crippen LogP contribution in [0.3, 0.4) is 0 Å². The van der Waals surface area contributed by atoms with E-state index in [0.717, 1.165) is 16.8 Å². The minimum atomic E-state index is 0.288. The Morgan fingerprint density at radius 1 is 1.12 bits per heavy atom. The van der Waals surface area contributed by atoms with E-state index in [1.807, 2.05) is 29.8 Å². The maximum Gasteiger partial charge on any atom is 0.220 e. The molecule has 16 heavy (non-hydrogen) atoms. The summed E-state index contributed by atoms with van der Waals surface area (Å²) in [7, 11) is 0. The predicted octanol–water partition coefficient (Wildman–Crippen LogP) is 2.34. The van der Waals surface area contributed by atoms with Gasteiger partial charge in [0.1, 0.15) is 0 Å². The highest BCUT2D eigenvalue weighted by molar-refractivity contribution is 7.16. The van der Waals surface area contributed by atoms with Crippen molar-refractivity contribution in [1.82, 2.24) is 15.0 Å². The van der Waals surface area contributed by atoms with Crippen molar-refractivity contribution in [3.63, 3.8) is 0 Å².